The minimum Gasteiger partial charge on any atom is -0.462 e. The number of aromatic nitrogens is 1. The number of amides is 1. The summed E-state index contributed by atoms with van der Waals surface area (Å²) in [4.78, 5) is 18.9. The molecule has 1 aliphatic rings. The van der Waals surface area contributed by atoms with Crippen LogP contribution in [0, 0.1) is 5.92 Å². The number of likely N-dealkylation sites (tertiary alicyclic amines) is 1. The van der Waals surface area contributed by atoms with Crippen molar-refractivity contribution in [2.75, 3.05) is 13.1 Å². The van der Waals surface area contributed by atoms with Crippen LogP contribution < -0.4 is 0 Å². The molecule has 6 heteroatoms. The Hall–Kier alpha value is -2.44. The average molecular weight is 368 g/mol. The predicted molar refractivity (Wildman–Crippen MR) is 99.8 cm³/mol. The fourth-order valence-corrected chi connectivity index (χ4v) is 4.15. The van der Waals surface area contributed by atoms with Gasteiger partial charge in [-0.15, -0.1) is 11.3 Å². The Kier molecular flexibility index (Phi) is 4.86. The van der Waals surface area contributed by atoms with E-state index in [0.29, 0.717) is 29.6 Å². The molecule has 0 radical (unpaired) electrons. The highest BCUT2D eigenvalue weighted by Gasteiger charge is 2.29. The first-order valence-corrected chi connectivity index (χ1v) is 9.62. The highest BCUT2D eigenvalue weighted by atomic mass is 32.1. The molecule has 2 aromatic heterocycles. The van der Waals surface area contributed by atoms with Crippen molar-refractivity contribution in [2.24, 2.45) is 5.92 Å². The van der Waals surface area contributed by atoms with Crippen molar-refractivity contribution >= 4 is 17.2 Å². The Labute approximate surface area is 155 Å². The lowest BCUT2D eigenvalue weighted by atomic mass is 9.87. The van der Waals surface area contributed by atoms with Gasteiger partial charge in [0.15, 0.2) is 10.8 Å². The molecule has 0 saturated carbocycles. The van der Waals surface area contributed by atoms with Crippen LogP contribution >= 0.6 is 11.3 Å². The van der Waals surface area contributed by atoms with Crippen molar-refractivity contribution in [1.82, 2.24) is 9.88 Å². The Morgan fingerprint density at radius 3 is 2.65 bits per heavy atom. The second-order valence-corrected chi connectivity index (χ2v) is 7.36. The SMILES string of the molecule is O=C(c1csc(-c2ccco2)n1)N1CCC([C@H](O)c2ccccc2)CC1. The van der Waals surface area contributed by atoms with Crippen LogP contribution in [0.5, 0.6) is 0 Å². The fourth-order valence-electron chi connectivity index (χ4n) is 3.39. The van der Waals surface area contributed by atoms with Crippen molar-refractivity contribution in [1.29, 1.82) is 0 Å². The van der Waals surface area contributed by atoms with Gasteiger partial charge in [0, 0.05) is 18.5 Å². The molecule has 0 aliphatic carbocycles. The largest absolute Gasteiger partial charge is 0.462 e. The van der Waals surface area contributed by atoms with Crippen molar-refractivity contribution in [3.8, 4) is 10.8 Å². The number of nitrogens with zero attached hydrogens (tertiary/aromatic N) is 2. The number of thiazole rings is 1. The summed E-state index contributed by atoms with van der Waals surface area (Å²) in [5.41, 5.74) is 1.41. The number of hydrogen-bond donors (Lipinski definition) is 1. The summed E-state index contributed by atoms with van der Waals surface area (Å²) >= 11 is 1.41. The lowest BCUT2D eigenvalue weighted by Crippen LogP contribution is -2.39. The van der Waals surface area contributed by atoms with E-state index in [1.54, 1.807) is 17.7 Å². The Morgan fingerprint density at radius 1 is 1.19 bits per heavy atom. The Balaban J connectivity index is 1.38. The van der Waals surface area contributed by atoms with Crippen LogP contribution in [0.25, 0.3) is 10.8 Å². The van der Waals surface area contributed by atoms with Crippen LogP contribution in [-0.4, -0.2) is 34.0 Å². The van der Waals surface area contributed by atoms with Crippen LogP contribution in [0.3, 0.4) is 0 Å². The molecule has 1 N–H and O–H groups in total. The molecule has 1 atom stereocenters. The maximum absolute atomic E-state index is 12.7. The van der Waals surface area contributed by atoms with E-state index >= 15 is 0 Å². The molecule has 1 fully saturated rings. The number of carbonyl (C=O) groups excluding carboxylic acids is 1. The molecule has 1 aromatic carbocycles. The second-order valence-electron chi connectivity index (χ2n) is 6.50. The van der Waals surface area contributed by atoms with E-state index < -0.39 is 6.10 Å². The number of aliphatic hydroxyl groups is 1. The summed E-state index contributed by atoms with van der Waals surface area (Å²) in [7, 11) is 0. The lowest BCUT2D eigenvalue weighted by molar-refractivity contribution is 0.0459. The normalized spacial score (nSPS) is 16.6. The Bertz CT molecular complexity index is 852. The van der Waals surface area contributed by atoms with Gasteiger partial charge in [-0.2, -0.15) is 0 Å². The summed E-state index contributed by atoms with van der Waals surface area (Å²) in [5, 5.41) is 13.1. The zero-order valence-corrected chi connectivity index (χ0v) is 15.1. The van der Waals surface area contributed by atoms with Gasteiger partial charge in [0.2, 0.25) is 0 Å². The number of hydrogen-bond acceptors (Lipinski definition) is 5. The standard InChI is InChI=1S/C20H20N2O3S/c23-18(14-5-2-1-3-6-14)15-8-10-22(11-9-15)20(24)16-13-26-19(21-16)17-7-4-12-25-17/h1-7,12-13,15,18,23H,8-11H2/t18-/m1/s1. The van der Waals surface area contributed by atoms with Crippen LogP contribution in [0.15, 0.2) is 58.5 Å². The van der Waals surface area contributed by atoms with E-state index in [1.807, 2.05) is 41.3 Å². The van der Waals surface area contributed by atoms with Gasteiger partial charge >= 0.3 is 0 Å². The number of rotatable bonds is 4. The first-order chi connectivity index (χ1) is 12.7. The van der Waals surface area contributed by atoms with Crippen LogP contribution in [0.4, 0.5) is 0 Å². The first kappa shape index (κ1) is 17.0. The van der Waals surface area contributed by atoms with E-state index in [-0.39, 0.29) is 11.8 Å². The summed E-state index contributed by atoms with van der Waals surface area (Å²) in [6.07, 6.45) is 2.70. The zero-order valence-electron chi connectivity index (χ0n) is 14.2. The van der Waals surface area contributed by atoms with E-state index in [2.05, 4.69) is 4.98 Å². The summed E-state index contributed by atoms with van der Waals surface area (Å²) in [6, 6.07) is 13.4. The molecule has 134 valence electrons. The monoisotopic (exact) mass is 368 g/mol. The molecule has 0 bridgehead atoms. The number of piperidine rings is 1. The number of aliphatic hydroxyl groups excluding tert-OH is 1. The molecule has 1 aliphatic heterocycles. The summed E-state index contributed by atoms with van der Waals surface area (Å²) in [6.45, 7) is 1.28. The Morgan fingerprint density at radius 2 is 1.96 bits per heavy atom. The smallest absolute Gasteiger partial charge is 0.273 e. The third kappa shape index (κ3) is 3.43. The first-order valence-electron chi connectivity index (χ1n) is 8.74. The zero-order chi connectivity index (χ0) is 17.9. The highest BCUT2D eigenvalue weighted by Crippen LogP contribution is 2.31. The quantitative estimate of drug-likeness (QED) is 0.756. The predicted octanol–water partition coefficient (Wildman–Crippen LogP) is 3.99. The fraction of sp³-hybridized carbons (Fsp3) is 0.300. The molecule has 5 nitrogen and oxygen atoms in total. The molecule has 1 saturated heterocycles. The van der Waals surface area contributed by atoms with Crippen LogP contribution in [-0.2, 0) is 0 Å². The van der Waals surface area contributed by atoms with Gasteiger partial charge < -0.3 is 14.4 Å². The molecule has 3 heterocycles. The lowest BCUT2D eigenvalue weighted by Gasteiger charge is -2.34. The molecular weight excluding hydrogens is 348 g/mol. The maximum Gasteiger partial charge on any atom is 0.273 e. The van der Waals surface area contributed by atoms with Gasteiger partial charge in [0.05, 0.1) is 12.4 Å². The van der Waals surface area contributed by atoms with Crippen molar-refractivity contribution in [3.05, 3.63) is 65.4 Å². The topological polar surface area (TPSA) is 66.6 Å². The molecule has 0 unspecified atom stereocenters. The van der Waals surface area contributed by atoms with Gasteiger partial charge in [-0.05, 0) is 36.5 Å². The number of furan rings is 1. The maximum atomic E-state index is 12.7. The number of benzene rings is 1. The third-order valence-electron chi connectivity index (χ3n) is 4.87. The van der Waals surface area contributed by atoms with E-state index in [9.17, 15) is 9.90 Å². The summed E-state index contributed by atoms with van der Waals surface area (Å²) < 4.78 is 5.34. The molecule has 1 amide bonds. The highest BCUT2D eigenvalue weighted by molar-refractivity contribution is 7.13. The minimum atomic E-state index is -0.474. The van der Waals surface area contributed by atoms with Gasteiger partial charge in [0.25, 0.3) is 5.91 Å². The summed E-state index contributed by atoms with van der Waals surface area (Å²) in [5.74, 6) is 0.806. The molecular formula is C20H20N2O3S. The van der Waals surface area contributed by atoms with Gasteiger partial charge in [-0.1, -0.05) is 30.3 Å². The average Bonchev–Trinajstić information content (AvgIpc) is 3.39. The van der Waals surface area contributed by atoms with Crippen molar-refractivity contribution < 1.29 is 14.3 Å². The van der Waals surface area contributed by atoms with E-state index in [4.69, 9.17) is 4.42 Å². The van der Waals surface area contributed by atoms with Gasteiger partial charge in [0.1, 0.15) is 5.69 Å². The molecule has 3 aromatic rings. The van der Waals surface area contributed by atoms with Crippen LogP contribution in [0.1, 0.15) is 35.0 Å². The van der Waals surface area contributed by atoms with E-state index in [0.717, 1.165) is 18.4 Å². The van der Waals surface area contributed by atoms with Crippen molar-refractivity contribution in [2.45, 2.75) is 18.9 Å². The van der Waals surface area contributed by atoms with Crippen LogP contribution in [0.2, 0.25) is 0 Å². The number of carbonyl (C=O) groups is 1. The molecule has 26 heavy (non-hydrogen) atoms. The second kappa shape index (κ2) is 7.43. The van der Waals surface area contributed by atoms with E-state index in [1.165, 1.54) is 11.3 Å². The molecule has 4 rings (SSSR count). The third-order valence-corrected chi connectivity index (χ3v) is 5.73. The minimum absolute atomic E-state index is 0.0493. The molecule has 0 spiro atoms. The van der Waals surface area contributed by atoms with Gasteiger partial charge in [-0.3, -0.25) is 4.79 Å². The van der Waals surface area contributed by atoms with Crippen molar-refractivity contribution in [3.63, 3.8) is 0 Å². The van der Waals surface area contributed by atoms with Gasteiger partial charge in [-0.25, -0.2) is 4.98 Å².